The summed E-state index contributed by atoms with van der Waals surface area (Å²) in [6.07, 6.45) is 0. The molecule has 0 saturated heterocycles. The standard InChI is InChI=1S/C20H20N2O4S/c1-15-7-11-19(12-8-15)27(25,26)21-20(2,14-22(23)24)18-10-9-16-5-3-4-6-17(16)13-18/h3-13,21H,14H2,1-2H3/t20-/m1/s1. The molecule has 0 spiro atoms. The Kier molecular flexibility index (Phi) is 4.99. The third kappa shape index (κ3) is 4.15. The minimum Gasteiger partial charge on any atom is -0.264 e. The van der Waals surface area contributed by atoms with Crippen LogP contribution >= 0.6 is 0 Å². The molecule has 0 bridgehead atoms. The number of nitro groups is 1. The highest BCUT2D eigenvalue weighted by Gasteiger charge is 2.37. The van der Waals surface area contributed by atoms with Crippen molar-refractivity contribution >= 4 is 20.8 Å². The van der Waals surface area contributed by atoms with Gasteiger partial charge in [0.05, 0.1) is 4.90 Å². The summed E-state index contributed by atoms with van der Waals surface area (Å²) in [7, 11) is -3.94. The van der Waals surface area contributed by atoms with E-state index in [0.29, 0.717) is 5.56 Å². The first kappa shape index (κ1) is 19.0. The molecule has 1 N–H and O–H groups in total. The SMILES string of the molecule is Cc1ccc(S(=O)(=O)N[C@](C)(C[N+](=O)[O-])c2ccc3ccccc3c2)cc1. The van der Waals surface area contributed by atoms with Gasteiger partial charge < -0.3 is 0 Å². The highest BCUT2D eigenvalue weighted by atomic mass is 32.2. The Hall–Kier alpha value is -2.77. The van der Waals surface area contributed by atoms with Crippen LogP contribution in [0.4, 0.5) is 0 Å². The van der Waals surface area contributed by atoms with Gasteiger partial charge in [-0.05, 0) is 48.4 Å². The lowest BCUT2D eigenvalue weighted by Gasteiger charge is -2.27. The first-order chi connectivity index (χ1) is 12.7. The van der Waals surface area contributed by atoms with Gasteiger partial charge in [0, 0.05) is 4.92 Å². The summed E-state index contributed by atoms with van der Waals surface area (Å²) < 4.78 is 28.2. The summed E-state index contributed by atoms with van der Waals surface area (Å²) in [6.45, 7) is 2.82. The summed E-state index contributed by atoms with van der Waals surface area (Å²) in [5.41, 5.74) is 0.0715. The molecule has 7 heteroatoms. The Morgan fingerprint density at radius 1 is 1.00 bits per heavy atom. The van der Waals surface area contributed by atoms with Gasteiger partial charge in [-0.3, -0.25) is 10.1 Å². The molecular formula is C20H20N2O4S. The van der Waals surface area contributed by atoms with E-state index in [0.717, 1.165) is 16.3 Å². The minimum atomic E-state index is -3.94. The summed E-state index contributed by atoms with van der Waals surface area (Å²) in [5.74, 6) is 0. The van der Waals surface area contributed by atoms with Crippen molar-refractivity contribution in [1.29, 1.82) is 0 Å². The normalized spacial score (nSPS) is 14.0. The molecule has 0 fully saturated rings. The molecule has 3 aromatic carbocycles. The lowest BCUT2D eigenvalue weighted by molar-refractivity contribution is -0.490. The van der Waals surface area contributed by atoms with Crippen molar-refractivity contribution in [1.82, 2.24) is 4.72 Å². The molecule has 0 aliphatic carbocycles. The van der Waals surface area contributed by atoms with E-state index in [1.807, 2.05) is 37.3 Å². The van der Waals surface area contributed by atoms with E-state index in [4.69, 9.17) is 0 Å². The van der Waals surface area contributed by atoms with Crippen molar-refractivity contribution in [3.05, 3.63) is 88.0 Å². The van der Waals surface area contributed by atoms with E-state index in [2.05, 4.69) is 4.72 Å². The number of sulfonamides is 1. The first-order valence-corrected chi connectivity index (χ1v) is 9.90. The Morgan fingerprint density at radius 2 is 1.63 bits per heavy atom. The van der Waals surface area contributed by atoms with E-state index in [1.165, 1.54) is 19.1 Å². The number of aryl methyl sites for hydroxylation is 1. The van der Waals surface area contributed by atoms with Gasteiger partial charge in [0.1, 0.15) is 5.54 Å². The molecule has 140 valence electrons. The van der Waals surface area contributed by atoms with Crippen molar-refractivity contribution in [2.75, 3.05) is 6.54 Å². The molecule has 6 nitrogen and oxygen atoms in total. The number of nitrogens with zero attached hydrogens (tertiary/aromatic N) is 1. The molecule has 0 aromatic heterocycles. The van der Waals surface area contributed by atoms with Crippen LogP contribution in [0.5, 0.6) is 0 Å². The van der Waals surface area contributed by atoms with Crippen LogP contribution < -0.4 is 4.72 Å². The van der Waals surface area contributed by atoms with E-state index in [1.54, 1.807) is 24.3 Å². The Morgan fingerprint density at radius 3 is 2.26 bits per heavy atom. The summed E-state index contributed by atoms with van der Waals surface area (Å²) in [4.78, 5) is 10.9. The average Bonchev–Trinajstić information content (AvgIpc) is 2.60. The Balaban J connectivity index is 2.05. The highest BCUT2D eigenvalue weighted by molar-refractivity contribution is 7.89. The predicted molar refractivity (Wildman–Crippen MR) is 105 cm³/mol. The van der Waals surface area contributed by atoms with Gasteiger partial charge in [-0.2, -0.15) is 4.72 Å². The van der Waals surface area contributed by atoms with Crippen LogP contribution in [0.3, 0.4) is 0 Å². The summed E-state index contributed by atoms with van der Waals surface area (Å²) >= 11 is 0. The van der Waals surface area contributed by atoms with Crippen molar-refractivity contribution in [3.8, 4) is 0 Å². The molecule has 0 amide bonds. The summed E-state index contributed by atoms with van der Waals surface area (Å²) in [5, 5.41) is 13.2. The van der Waals surface area contributed by atoms with Gasteiger partial charge in [0.25, 0.3) is 0 Å². The maximum absolute atomic E-state index is 12.8. The lowest BCUT2D eigenvalue weighted by atomic mass is 9.91. The lowest BCUT2D eigenvalue weighted by Crippen LogP contribution is -2.48. The molecule has 0 unspecified atom stereocenters. The maximum atomic E-state index is 12.8. The Bertz CT molecular complexity index is 1090. The second-order valence-corrected chi connectivity index (χ2v) is 8.49. The van der Waals surface area contributed by atoms with Gasteiger partial charge in [-0.15, -0.1) is 0 Å². The zero-order valence-electron chi connectivity index (χ0n) is 15.0. The van der Waals surface area contributed by atoms with Crippen LogP contribution in [0.15, 0.2) is 71.6 Å². The largest absolute Gasteiger partial charge is 0.264 e. The molecule has 3 rings (SSSR count). The van der Waals surface area contributed by atoms with Gasteiger partial charge >= 0.3 is 0 Å². The van der Waals surface area contributed by atoms with Crippen molar-refractivity contribution in [2.24, 2.45) is 0 Å². The Labute approximate surface area is 158 Å². The fraction of sp³-hybridized carbons (Fsp3) is 0.200. The zero-order chi connectivity index (χ0) is 19.7. The van der Waals surface area contributed by atoms with Crippen LogP contribution in [0, 0.1) is 17.0 Å². The third-order valence-corrected chi connectivity index (χ3v) is 6.13. The van der Waals surface area contributed by atoms with Gasteiger partial charge in [-0.1, -0.05) is 54.1 Å². The van der Waals surface area contributed by atoms with Crippen LogP contribution in [0.25, 0.3) is 10.8 Å². The number of benzene rings is 3. The zero-order valence-corrected chi connectivity index (χ0v) is 15.9. The monoisotopic (exact) mass is 384 g/mol. The number of nitrogens with one attached hydrogen (secondary N) is 1. The fourth-order valence-electron chi connectivity index (χ4n) is 3.05. The van der Waals surface area contributed by atoms with Gasteiger partial charge in [0.2, 0.25) is 16.6 Å². The van der Waals surface area contributed by atoms with Crippen LogP contribution in [-0.2, 0) is 15.6 Å². The van der Waals surface area contributed by atoms with Gasteiger partial charge in [0.15, 0.2) is 0 Å². The second-order valence-electron chi connectivity index (χ2n) is 6.80. The van der Waals surface area contributed by atoms with Crippen molar-refractivity contribution in [2.45, 2.75) is 24.3 Å². The number of hydrogen-bond acceptors (Lipinski definition) is 4. The molecule has 0 heterocycles. The summed E-state index contributed by atoms with van der Waals surface area (Å²) in [6, 6.07) is 19.3. The van der Waals surface area contributed by atoms with Crippen molar-refractivity contribution in [3.63, 3.8) is 0 Å². The maximum Gasteiger partial charge on any atom is 0.241 e. The molecule has 0 saturated carbocycles. The molecule has 0 aliphatic rings. The van der Waals surface area contributed by atoms with Crippen molar-refractivity contribution < 1.29 is 13.3 Å². The minimum absolute atomic E-state index is 0.0727. The van der Waals surface area contributed by atoms with Crippen LogP contribution in [0.2, 0.25) is 0 Å². The van der Waals surface area contributed by atoms with E-state index < -0.39 is 27.0 Å². The number of rotatable bonds is 6. The topological polar surface area (TPSA) is 89.3 Å². The second kappa shape index (κ2) is 7.09. The molecule has 0 aliphatic heterocycles. The van der Waals surface area contributed by atoms with E-state index >= 15 is 0 Å². The fourth-order valence-corrected chi connectivity index (χ4v) is 4.43. The van der Waals surface area contributed by atoms with Crippen LogP contribution in [0.1, 0.15) is 18.1 Å². The smallest absolute Gasteiger partial charge is 0.241 e. The van der Waals surface area contributed by atoms with E-state index in [-0.39, 0.29) is 4.90 Å². The van der Waals surface area contributed by atoms with Gasteiger partial charge in [-0.25, -0.2) is 8.42 Å². The molecular weight excluding hydrogens is 364 g/mol. The average molecular weight is 384 g/mol. The third-order valence-electron chi connectivity index (χ3n) is 4.52. The molecule has 3 aromatic rings. The first-order valence-electron chi connectivity index (χ1n) is 8.41. The number of fused-ring (bicyclic) bond motifs is 1. The van der Waals surface area contributed by atoms with E-state index in [9.17, 15) is 18.5 Å². The molecule has 0 radical (unpaired) electrons. The highest BCUT2D eigenvalue weighted by Crippen LogP contribution is 2.27. The molecule has 1 atom stereocenters. The predicted octanol–water partition coefficient (Wildman–Crippen LogP) is 3.62. The van der Waals surface area contributed by atoms with Crippen LogP contribution in [-0.4, -0.2) is 19.9 Å². The molecule has 27 heavy (non-hydrogen) atoms. The quantitative estimate of drug-likeness (QED) is 0.519. The number of hydrogen-bond donors (Lipinski definition) is 1.